The van der Waals surface area contributed by atoms with Gasteiger partial charge in [0.1, 0.15) is 11.5 Å². The Morgan fingerprint density at radius 3 is 2.41 bits per heavy atom. The van der Waals surface area contributed by atoms with E-state index in [-0.39, 0.29) is 24.8 Å². The van der Waals surface area contributed by atoms with Crippen molar-refractivity contribution in [3.05, 3.63) is 81.8 Å². The van der Waals surface area contributed by atoms with Crippen molar-refractivity contribution in [2.75, 3.05) is 16.8 Å². The molecule has 1 saturated heterocycles. The second-order valence-electron chi connectivity index (χ2n) is 7.86. The summed E-state index contributed by atoms with van der Waals surface area (Å²) in [7, 11) is 0. The average molecular weight is 469 g/mol. The van der Waals surface area contributed by atoms with Gasteiger partial charge < -0.3 is 15.0 Å². The lowest BCUT2D eigenvalue weighted by Crippen LogP contribution is -2.28. The second kappa shape index (κ2) is 9.23. The van der Waals surface area contributed by atoms with Crippen LogP contribution in [0.5, 0.6) is 11.5 Å². The zero-order valence-corrected chi connectivity index (χ0v) is 19.2. The third kappa shape index (κ3) is 4.90. The number of hydrogen-bond acceptors (Lipinski definition) is 3. The maximum Gasteiger partial charge on any atom is 0.229 e. The number of nitrogens with zero attached hydrogens (tertiary/aromatic N) is 1. The predicted octanol–water partition coefficient (Wildman–Crippen LogP) is 6.39. The SMILES string of the molecule is Cc1ccc(Oc2ccc(NC(=O)[C@H]3CC(=O)N(c4cc(Cl)ccc4Cl)C3)cc2)cc1C. The summed E-state index contributed by atoms with van der Waals surface area (Å²) in [5.74, 6) is 0.565. The van der Waals surface area contributed by atoms with E-state index in [2.05, 4.69) is 12.2 Å². The van der Waals surface area contributed by atoms with Crippen molar-refractivity contribution in [1.29, 1.82) is 0 Å². The van der Waals surface area contributed by atoms with Gasteiger partial charge in [0.2, 0.25) is 11.8 Å². The fourth-order valence-electron chi connectivity index (χ4n) is 3.57. The summed E-state index contributed by atoms with van der Waals surface area (Å²) >= 11 is 12.3. The van der Waals surface area contributed by atoms with Gasteiger partial charge in [-0.3, -0.25) is 9.59 Å². The molecule has 1 atom stereocenters. The molecule has 5 nitrogen and oxygen atoms in total. The minimum atomic E-state index is -0.482. The van der Waals surface area contributed by atoms with Crippen LogP contribution in [0, 0.1) is 19.8 Å². The number of carbonyl (C=O) groups is 2. The molecule has 1 heterocycles. The summed E-state index contributed by atoms with van der Waals surface area (Å²) in [6.45, 7) is 4.34. The van der Waals surface area contributed by atoms with E-state index >= 15 is 0 Å². The molecule has 32 heavy (non-hydrogen) atoms. The van der Waals surface area contributed by atoms with Gasteiger partial charge in [-0.1, -0.05) is 29.3 Å². The molecule has 0 spiro atoms. The number of aryl methyl sites for hydroxylation is 2. The molecule has 4 rings (SSSR count). The summed E-state index contributed by atoms with van der Waals surface area (Å²) in [5, 5.41) is 3.78. The first-order chi connectivity index (χ1) is 15.3. The predicted molar refractivity (Wildman–Crippen MR) is 128 cm³/mol. The molecule has 0 aliphatic carbocycles. The maximum absolute atomic E-state index is 12.8. The van der Waals surface area contributed by atoms with Crippen molar-refractivity contribution < 1.29 is 14.3 Å². The summed E-state index contributed by atoms with van der Waals surface area (Å²) in [6, 6.07) is 18.0. The lowest BCUT2D eigenvalue weighted by Gasteiger charge is -2.18. The van der Waals surface area contributed by atoms with Crippen LogP contribution in [0.1, 0.15) is 17.5 Å². The van der Waals surface area contributed by atoms with Crippen molar-refractivity contribution >= 4 is 46.4 Å². The molecule has 164 valence electrons. The van der Waals surface area contributed by atoms with Crippen LogP contribution in [0.3, 0.4) is 0 Å². The van der Waals surface area contributed by atoms with Crippen molar-refractivity contribution in [2.24, 2.45) is 5.92 Å². The number of amides is 2. The van der Waals surface area contributed by atoms with E-state index in [9.17, 15) is 9.59 Å². The van der Waals surface area contributed by atoms with Crippen LogP contribution < -0.4 is 15.0 Å². The van der Waals surface area contributed by atoms with Gasteiger partial charge in [-0.15, -0.1) is 0 Å². The Labute approximate surface area is 196 Å². The largest absolute Gasteiger partial charge is 0.457 e. The molecule has 0 radical (unpaired) electrons. The molecule has 1 aliphatic rings. The molecule has 1 N–H and O–H groups in total. The Morgan fingerprint density at radius 2 is 1.69 bits per heavy atom. The Hall–Kier alpha value is -3.02. The first-order valence-electron chi connectivity index (χ1n) is 10.2. The number of nitrogens with one attached hydrogen (secondary N) is 1. The highest BCUT2D eigenvalue weighted by Crippen LogP contribution is 2.34. The third-order valence-electron chi connectivity index (χ3n) is 5.53. The Morgan fingerprint density at radius 1 is 0.969 bits per heavy atom. The number of benzene rings is 3. The zero-order valence-electron chi connectivity index (χ0n) is 17.7. The molecular formula is C25H22Cl2N2O3. The van der Waals surface area contributed by atoms with Crippen molar-refractivity contribution in [2.45, 2.75) is 20.3 Å². The number of halogens is 2. The fraction of sp³-hybridized carbons (Fsp3) is 0.200. The molecule has 0 aromatic heterocycles. The van der Waals surface area contributed by atoms with Crippen LogP contribution in [0.4, 0.5) is 11.4 Å². The van der Waals surface area contributed by atoms with Gasteiger partial charge in [-0.2, -0.15) is 0 Å². The molecule has 3 aromatic carbocycles. The van der Waals surface area contributed by atoms with E-state index < -0.39 is 5.92 Å². The van der Waals surface area contributed by atoms with Gasteiger partial charge in [0, 0.05) is 23.7 Å². The summed E-state index contributed by atoms with van der Waals surface area (Å²) in [6.07, 6.45) is 0.114. The lowest BCUT2D eigenvalue weighted by molar-refractivity contribution is -0.122. The smallest absolute Gasteiger partial charge is 0.229 e. The molecule has 0 saturated carbocycles. The normalized spacial score (nSPS) is 15.7. The molecule has 2 amide bonds. The van der Waals surface area contributed by atoms with E-state index in [0.717, 1.165) is 11.3 Å². The Kier molecular flexibility index (Phi) is 6.40. The van der Waals surface area contributed by atoms with E-state index in [1.54, 1.807) is 42.5 Å². The third-order valence-corrected chi connectivity index (χ3v) is 6.09. The van der Waals surface area contributed by atoms with Crippen LogP contribution in [0.15, 0.2) is 60.7 Å². The zero-order chi connectivity index (χ0) is 22.8. The fourth-order valence-corrected chi connectivity index (χ4v) is 3.96. The van der Waals surface area contributed by atoms with Gasteiger partial charge in [-0.05, 0) is 79.6 Å². The minimum absolute atomic E-state index is 0.114. The number of anilines is 2. The number of carbonyl (C=O) groups excluding carboxylic acids is 2. The van der Waals surface area contributed by atoms with Crippen LogP contribution in [-0.2, 0) is 9.59 Å². The quantitative estimate of drug-likeness (QED) is 0.471. The highest BCUT2D eigenvalue weighted by atomic mass is 35.5. The Balaban J connectivity index is 1.39. The molecule has 0 bridgehead atoms. The highest BCUT2D eigenvalue weighted by molar-refractivity contribution is 6.36. The van der Waals surface area contributed by atoms with Crippen molar-refractivity contribution in [3.8, 4) is 11.5 Å². The second-order valence-corrected chi connectivity index (χ2v) is 8.71. The monoisotopic (exact) mass is 468 g/mol. The number of ether oxygens (including phenoxy) is 1. The van der Waals surface area contributed by atoms with Gasteiger partial charge in [0.25, 0.3) is 0 Å². The maximum atomic E-state index is 12.8. The highest BCUT2D eigenvalue weighted by Gasteiger charge is 2.36. The topological polar surface area (TPSA) is 58.6 Å². The standard InChI is InChI=1S/C25H22Cl2N2O3/c1-15-3-7-21(11-16(15)2)32-20-8-5-19(6-9-20)28-25(31)17-12-24(30)29(14-17)23-13-18(26)4-10-22(23)27/h3-11,13,17H,12,14H2,1-2H3,(H,28,31)/t17-/m0/s1. The van der Waals surface area contributed by atoms with E-state index in [0.29, 0.717) is 27.2 Å². The van der Waals surface area contributed by atoms with Crippen LogP contribution in [0.2, 0.25) is 10.0 Å². The van der Waals surface area contributed by atoms with Crippen molar-refractivity contribution in [1.82, 2.24) is 0 Å². The van der Waals surface area contributed by atoms with E-state index in [1.165, 1.54) is 10.5 Å². The van der Waals surface area contributed by atoms with E-state index in [4.69, 9.17) is 27.9 Å². The van der Waals surface area contributed by atoms with Crippen molar-refractivity contribution in [3.63, 3.8) is 0 Å². The molecular weight excluding hydrogens is 447 g/mol. The molecule has 3 aromatic rings. The summed E-state index contributed by atoms with van der Waals surface area (Å²) < 4.78 is 5.88. The van der Waals surface area contributed by atoms with Gasteiger partial charge in [-0.25, -0.2) is 0 Å². The van der Waals surface area contributed by atoms with E-state index in [1.807, 2.05) is 25.1 Å². The first-order valence-corrected chi connectivity index (χ1v) is 11.0. The van der Waals surface area contributed by atoms with Crippen LogP contribution >= 0.6 is 23.2 Å². The molecule has 0 unspecified atom stereocenters. The Bertz CT molecular complexity index is 1180. The van der Waals surface area contributed by atoms with Gasteiger partial charge in [0.05, 0.1) is 16.6 Å². The molecule has 7 heteroatoms. The lowest BCUT2D eigenvalue weighted by atomic mass is 10.1. The molecule has 1 fully saturated rings. The summed E-state index contributed by atoms with van der Waals surface area (Å²) in [5.41, 5.74) is 3.52. The minimum Gasteiger partial charge on any atom is -0.457 e. The van der Waals surface area contributed by atoms with Gasteiger partial charge in [0.15, 0.2) is 0 Å². The van der Waals surface area contributed by atoms with Crippen LogP contribution in [0.25, 0.3) is 0 Å². The first kappa shape index (κ1) is 22.2. The molecule has 1 aliphatic heterocycles. The average Bonchev–Trinajstić information content (AvgIpc) is 3.15. The number of rotatable bonds is 5. The number of hydrogen-bond donors (Lipinski definition) is 1. The van der Waals surface area contributed by atoms with Crippen LogP contribution in [-0.4, -0.2) is 18.4 Å². The van der Waals surface area contributed by atoms with Gasteiger partial charge >= 0.3 is 0 Å². The summed E-state index contributed by atoms with van der Waals surface area (Å²) in [4.78, 5) is 26.8.